The van der Waals surface area contributed by atoms with E-state index >= 15 is 0 Å². The summed E-state index contributed by atoms with van der Waals surface area (Å²) in [5, 5.41) is 7.83. The first-order valence-electron chi connectivity index (χ1n) is 10.6. The van der Waals surface area contributed by atoms with Crippen LogP contribution in [0, 0.1) is 0 Å². The van der Waals surface area contributed by atoms with Gasteiger partial charge in [-0.25, -0.2) is 4.68 Å². The van der Waals surface area contributed by atoms with E-state index in [2.05, 4.69) is 10.4 Å². The van der Waals surface area contributed by atoms with Crippen molar-refractivity contribution < 1.29 is 9.59 Å². The fourth-order valence-electron chi connectivity index (χ4n) is 4.04. The summed E-state index contributed by atoms with van der Waals surface area (Å²) in [5.41, 5.74) is 4.44. The molecule has 4 rings (SSSR count). The number of nitrogens with one attached hydrogen (secondary N) is 1. The number of amides is 2. The van der Waals surface area contributed by atoms with Crippen molar-refractivity contribution in [3.05, 3.63) is 76.1 Å². The summed E-state index contributed by atoms with van der Waals surface area (Å²) in [6.45, 7) is 5.08. The summed E-state index contributed by atoms with van der Waals surface area (Å²) >= 11 is 6.37. The van der Waals surface area contributed by atoms with Crippen LogP contribution in [0.15, 0.2) is 48.5 Å². The van der Waals surface area contributed by atoms with Crippen LogP contribution in [0.25, 0.3) is 5.69 Å². The summed E-state index contributed by atoms with van der Waals surface area (Å²) in [6, 6.07) is 14.8. The lowest BCUT2D eigenvalue weighted by atomic mass is 10.1. The van der Waals surface area contributed by atoms with Crippen LogP contribution in [0.3, 0.4) is 0 Å². The fraction of sp³-hybridized carbons (Fsp3) is 0.292. The van der Waals surface area contributed by atoms with Crippen molar-refractivity contribution in [3.63, 3.8) is 0 Å². The minimum Gasteiger partial charge on any atom is -0.339 e. The van der Waals surface area contributed by atoms with Crippen molar-refractivity contribution in [1.29, 1.82) is 0 Å². The molecule has 0 bridgehead atoms. The van der Waals surface area contributed by atoms with Crippen LogP contribution in [0.1, 0.15) is 52.4 Å². The number of carbonyl (C=O) groups is 2. The van der Waals surface area contributed by atoms with E-state index in [4.69, 9.17) is 11.6 Å². The lowest BCUT2D eigenvalue weighted by molar-refractivity contribution is 0.0773. The van der Waals surface area contributed by atoms with Crippen LogP contribution in [0.4, 0.5) is 5.69 Å². The second kappa shape index (κ2) is 8.94. The average Bonchev–Trinajstić information content (AvgIpc) is 3.38. The Labute approximate surface area is 186 Å². The molecule has 1 heterocycles. The van der Waals surface area contributed by atoms with Crippen LogP contribution in [0.5, 0.6) is 0 Å². The molecule has 31 heavy (non-hydrogen) atoms. The zero-order chi connectivity index (χ0) is 22.0. The highest BCUT2D eigenvalue weighted by Crippen LogP contribution is 2.29. The van der Waals surface area contributed by atoms with Gasteiger partial charge in [-0.15, -0.1) is 0 Å². The molecule has 0 saturated heterocycles. The standard InChI is InChI=1S/C24H25ClN4O2/c1-3-28(4-2)24(31)18-14-13-16(15-20(18)25)26-23(30)22-19-11-8-12-21(19)29(27-22)17-9-6-5-7-10-17/h5-7,9-10,13-15H,3-4,8,11-12H2,1-2H3,(H,26,30). The minimum absolute atomic E-state index is 0.118. The molecule has 3 aromatic rings. The molecule has 0 saturated carbocycles. The molecular weight excluding hydrogens is 412 g/mol. The van der Waals surface area contributed by atoms with Crippen LogP contribution < -0.4 is 5.32 Å². The summed E-state index contributed by atoms with van der Waals surface area (Å²) in [7, 11) is 0. The van der Waals surface area contributed by atoms with E-state index in [-0.39, 0.29) is 11.8 Å². The Kier molecular flexibility index (Phi) is 6.09. The molecule has 1 aliphatic carbocycles. The molecule has 1 aromatic heterocycles. The number of carbonyl (C=O) groups excluding carboxylic acids is 2. The molecule has 0 unspecified atom stereocenters. The van der Waals surface area contributed by atoms with E-state index in [0.29, 0.717) is 35.1 Å². The van der Waals surface area contributed by atoms with Crippen LogP contribution in [0.2, 0.25) is 5.02 Å². The van der Waals surface area contributed by atoms with E-state index in [1.54, 1.807) is 23.1 Å². The SMILES string of the molecule is CCN(CC)C(=O)c1ccc(NC(=O)c2nn(-c3ccccc3)c3c2CCC3)cc1Cl. The number of hydrogen-bond acceptors (Lipinski definition) is 3. The third-order valence-corrected chi connectivity index (χ3v) is 5.97. The Bertz CT molecular complexity index is 1120. The first-order chi connectivity index (χ1) is 15.0. The number of anilines is 1. The molecule has 0 atom stereocenters. The maximum Gasteiger partial charge on any atom is 0.276 e. The second-order valence-corrected chi connectivity index (χ2v) is 7.91. The predicted octanol–water partition coefficient (Wildman–Crippen LogP) is 4.75. The molecule has 160 valence electrons. The molecule has 0 aliphatic heterocycles. The highest BCUT2D eigenvalue weighted by molar-refractivity contribution is 6.34. The maximum absolute atomic E-state index is 13.0. The number of benzene rings is 2. The van der Waals surface area contributed by atoms with E-state index in [1.807, 2.05) is 48.9 Å². The quantitative estimate of drug-likeness (QED) is 0.606. The topological polar surface area (TPSA) is 67.2 Å². The van der Waals surface area contributed by atoms with Crippen molar-refractivity contribution >= 4 is 29.1 Å². The largest absolute Gasteiger partial charge is 0.339 e. The summed E-state index contributed by atoms with van der Waals surface area (Å²) in [6.07, 6.45) is 2.75. The van der Waals surface area contributed by atoms with E-state index in [9.17, 15) is 9.59 Å². The van der Waals surface area contributed by atoms with E-state index in [0.717, 1.165) is 36.2 Å². The van der Waals surface area contributed by atoms with Gasteiger partial charge in [-0.3, -0.25) is 9.59 Å². The smallest absolute Gasteiger partial charge is 0.276 e. The van der Waals surface area contributed by atoms with Crippen molar-refractivity contribution in [2.24, 2.45) is 0 Å². The van der Waals surface area contributed by atoms with Crippen molar-refractivity contribution in [1.82, 2.24) is 14.7 Å². The molecule has 2 amide bonds. The van der Waals surface area contributed by atoms with Gasteiger partial charge in [0.15, 0.2) is 5.69 Å². The third-order valence-electron chi connectivity index (χ3n) is 5.65. The van der Waals surface area contributed by atoms with Gasteiger partial charge >= 0.3 is 0 Å². The van der Waals surface area contributed by atoms with Gasteiger partial charge in [-0.05, 0) is 63.4 Å². The monoisotopic (exact) mass is 436 g/mol. The second-order valence-electron chi connectivity index (χ2n) is 7.50. The Morgan fingerprint density at radius 1 is 1.10 bits per heavy atom. The summed E-state index contributed by atoms with van der Waals surface area (Å²) in [4.78, 5) is 27.3. The zero-order valence-electron chi connectivity index (χ0n) is 17.7. The van der Waals surface area contributed by atoms with Gasteiger partial charge in [0.2, 0.25) is 0 Å². The fourth-order valence-corrected chi connectivity index (χ4v) is 4.30. The van der Waals surface area contributed by atoms with Gasteiger partial charge in [0.05, 0.1) is 16.3 Å². The Balaban J connectivity index is 1.58. The minimum atomic E-state index is -0.272. The van der Waals surface area contributed by atoms with Crippen molar-refractivity contribution in [3.8, 4) is 5.69 Å². The van der Waals surface area contributed by atoms with Gasteiger partial charge < -0.3 is 10.2 Å². The van der Waals surface area contributed by atoms with Crippen molar-refractivity contribution in [2.45, 2.75) is 33.1 Å². The number of para-hydroxylation sites is 1. The van der Waals surface area contributed by atoms with Gasteiger partial charge in [-0.2, -0.15) is 5.10 Å². The summed E-state index contributed by atoms with van der Waals surface area (Å²) < 4.78 is 1.87. The van der Waals surface area contributed by atoms with E-state index in [1.165, 1.54) is 0 Å². The number of aromatic nitrogens is 2. The highest BCUT2D eigenvalue weighted by Gasteiger charge is 2.27. The average molecular weight is 437 g/mol. The van der Waals surface area contributed by atoms with Crippen molar-refractivity contribution in [2.75, 3.05) is 18.4 Å². The number of nitrogens with zero attached hydrogens (tertiary/aromatic N) is 3. The Morgan fingerprint density at radius 2 is 1.84 bits per heavy atom. The molecular formula is C24H25ClN4O2. The van der Waals surface area contributed by atoms with Gasteiger partial charge in [-0.1, -0.05) is 29.8 Å². The molecule has 1 aliphatic rings. The first-order valence-corrected chi connectivity index (χ1v) is 11.0. The molecule has 1 N–H and O–H groups in total. The number of halogens is 1. The molecule has 7 heteroatoms. The Morgan fingerprint density at radius 3 is 2.52 bits per heavy atom. The highest BCUT2D eigenvalue weighted by atomic mass is 35.5. The predicted molar refractivity (Wildman–Crippen MR) is 122 cm³/mol. The lowest BCUT2D eigenvalue weighted by Gasteiger charge is -2.19. The Hall–Kier alpha value is -3.12. The third kappa shape index (κ3) is 4.08. The molecule has 0 spiro atoms. The van der Waals surface area contributed by atoms with Gasteiger partial charge in [0.1, 0.15) is 0 Å². The van der Waals surface area contributed by atoms with Gasteiger partial charge in [0, 0.05) is 30.0 Å². The van der Waals surface area contributed by atoms with E-state index < -0.39 is 0 Å². The van der Waals surface area contributed by atoms with Gasteiger partial charge in [0.25, 0.3) is 11.8 Å². The van der Waals surface area contributed by atoms with Crippen LogP contribution in [-0.2, 0) is 12.8 Å². The lowest BCUT2D eigenvalue weighted by Crippen LogP contribution is -2.30. The maximum atomic E-state index is 13.0. The van der Waals surface area contributed by atoms with Crippen LogP contribution in [-0.4, -0.2) is 39.6 Å². The summed E-state index contributed by atoms with van der Waals surface area (Å²) in [5.74, 6) is -0.390. The molecule has 6 nitrogen and oxygen atoms in total. The zero-order valence-corrected chi connectivity index (χ0v) is 18.4. The van der Waals surface area contributed by atoms with Crippen LogP contribution >= 0.6 is 11.6 Å². The number of rotatable bonds is 6. The normalized spacial score (nSPS) is 12.5. The number of fused-ring (bicyclic) bond motifs is 1. The molecule has 0 radical (unpaired) electrons. The molecule has 2 aromatic carbocycles. The number of hydrogen-bond donors (Lipinski definition) is 1. The first kappa shape index (κ1) is 21.1. The molecule has 0 fully saturated rings.